The Hall–Kier alpha value is -3.10. The number of nitrogens with zero attached hydrogens (tertiary/aromatic N) is 3. The van der Waals surface area contributed by atoms with E-state index in [1.807, 2.05) is 60.1 Å². The summed E-state index contributed by atoms with van der Waals surface area (Å²) in [5.74, 6) is 0. The van der Waals surface area contributed by atoms with E-state index in [4.69, 9.17) is 0 Å². The highest BCUT2D eigenvalue weighted by molar-refractivity contribution is 7.25. The number of thiophene rings is 1. The lowest BCUT2D eigenvalue weighted by molar-refractivity contribution is 0.988. The maximum Gasteiger partial charge on any atom is 0.219 e. The Morgan fingerprint density at radius 2 is 1.75 bits per heavy atom. The minimum atomic E-state index is -0.181. The first-order valence-corrected chi connectivity index (χ1v) is 8.37. The lowest BCUT2D eigenvalue weighted by atomic mass is 10.2. The average Bonchev–Trinajstić information content (AvgIpc) is 3.13. The minimum Gasteiger partial charge on any atom is -0.328 e. The molecule has 0 aliphatic rings. The molecular formula is C19H11N3OS. The third-order valence-electron chi connectivity index (χ3n) is 4.58. The van der Waals surface area contributed by atoms with Gasteiger partial charge in [0.25, 0.3) is 0 Å². The van der Waals surface area contributed by atoms with Crippen molar-refractivity contribution in [2.24, 2.45) is 7.05 Å². The van der Waals surface area contributed by atoms with Crippen LogP contribution >= 0.6 is 11.3 Å². The molecule has 0 aliphatic heterocycles. The Morgan fingerprint density at radius 1 is 1.04 bits per heavy atom. The van der Waals surface area contributed by atoms with Crippen molar-refractivity contribution in [3.05, 3.63) is 64.3 Å². The van der Waals surface area contributed by atoms with Crippen molar-refractivity contribution >= 4 is 48.3 Å². The van der Waals surface area contributed by atoms with E-state index in [-0.39, 0.29) is 11.0 Å². The zero-order chi connectivity index (χ0) is 16.4. The number of benzene rings is 2. The topological polar surface area (TPSA) is 50.2 Å². The highest BCUT2D eigenvalue weighted by Gasteiger charge is 2.21. The van der Waals surface area contributed by atoms with Gasteiger partial charge in [-0.25, -0.2) is 0 Å². The van der Waals surface area contributed by atoms with Crippen LogP contribution in [0.15, 0.2) is 53.3 Å². The molecule has 4 nitrogen and oxygen atoms in total. The predicted molar refractivity (Wildman–Crippen MR) is 97.7 cm³/mol. The average molecular weight is 329 g/mol. The smallest absolute Gasteiger partial charge is 0.219 e. The second-order valence-corrected chi connectivity index (χ2v) is 6.85. The molecule has 5 heteroatoms. The van der Waals surface area contributed by atoms with Gasteiger partial charge in [-0.05, 0) is 18.2 Å². The third-order valence-corrected chi connectivity index (χ3v) is 5.73. The number of aromatic nitrogens is 2. The number of pyridine rings is 1. The Morgan fingerprint density at radius 3 is 2.54 bits per heavy atom. The SMILES string of the molecule is Cn1c2ccccc2n2c3c(sc4ccccc43)c(=O)c(C#N)c12. The lowest BCUT2D eigenvalue weighted by Crippen LogP contribution is -2.10. The summed E-state index contributed by atoms with van der Waals surface area (Å²) < 4.78 is 5.69. The second-order valence-electron chi connectivity index (χ2n) is 5.80. The van der Waals surface area contributed by atoms with Crippen molar-refractivity contribution in [2.45, 2.75) is 0 Å². The summed E-state index contributed by atoms with van der Waals surface area (Å²) >= 11 is 1.46. The van der Waals surface area contributed by atoms with Gasteiger partial charge in [0.15, 0.2) is 0 Å². The maximum absolute atomic E-state index is 12.9. The molecule has 0 saturated heterocycles. The molecule has 0 fully saturated rings. The molecule has 24 heavy (non-hydrogen) atoms. The van der Waals surface area contributed by atoms with Crippen LogP contribution < -0.4 is 5.43 Å². The first kappa shape index (κ1) is 13.3. The summed E-state index contributed by atoms with van der Waals surface area (Å²) in [6.07, 6.45) is 0. The Labute approximate surface area is 140 Å². The molecule has 0 aliphatic carbocycles. The largest absolute Gasteiger partial charge is 0.328 e. The van der Waals surface area contributed by atoms with E-state index in [2.05, 4.69) is 10.5 Å². The molecule has 2 aromatic carbocycles. The van der Waals surface area contributed by atoms with Gasteiger partial charge in [0.2, 0.25) is 5.43 Å². The van der Waals surface area contributed by atoms with Crippen molar-refractivity contribution < 1.29 is 0 Å². The van der Waals surface area contributed by atoms with Gasteiger partial charge in [-0.1, -0.05) is 30.3 Å². The van der Waals surface area contributed by atoms with E-state index in [1.54, 1.807) is 0 Å². The second kappa shape index (κ2) is 4.47. The van der Waals surface area contributed by atoms with Crippen molar-refractivity contribution in [3.63, 3.8) is 0 Å². The Bertz CT molecular complexity index is 1400. The molecule has 0 spiro atoms. The molecule has 0 saturated carbocycles. The monoisotopic (exact) mass is 329 g/mol. The lowest BCUT2D eigenvalue weighted by Gasteiger charge is -2.03. The molecule has 3 aromatic heterocycles. The zero-order valence-corrected chi connectivity index (χ0v) is 13.6. The van der Waals surface area contributed by atoms with Crippen LogP contribution in [-0.4, -0.2) is 8.97 Å². The molecule has 0 radical (unpaired) electrons. The molecule has 0 unspecified atom stereocenters. The van der Waals surface area contributed by atoms with Crippen LogP contribution in [0.4, 0.5) is 0 Å². The standard InChI is InChI=1S/C19H11N3OS/c1-21-13-7-3-4-8-14(13)22-16-11-6-2-5-9-15(11)24-18(16)17(23)12(10-20)19(21)22/h2-9H,1H3. The molecule has 3 heterocycles. The quantitative estimate of drug-likeness (QED) is 0.431. The van der Waals surface area contributed by atoms with Crippen LogP contribution in [0.1, 0.15) is 5.56 Å². The van der Waals surface area contributed by atoms with Crippen LogP contribution in [0.3, 0.4) is 0 Å². The van der Waals surface area contributed by atoms with Gasteiger partial charge < -0.3 is 4.57 Å². The summed E-state index contributed by atoms with van der Waals surface area (Å²) in [6, 6.07) is 18.1. The van der Waals surface area contributed by atoms with Gasteiger partial charge in [-0.2, -0.15) is 5.26 Å². The van der Waals surface area contributed by atoms with Crippen molar-refractivity contribution in [1.82, 2.24) is 8.97 Å². The molecular weight excluding hydrogens is 318 g/mol. The van der Waals surface area contributed by atoms with Crippen molar-refractivity contribution in [3.8, 4) is 6.07 Å². The van der Waals surface area contributed by atoms with E-state index >= 15 is 0 Å². The van der Waals surface area contributed by atoms with Gasteiger partial charge in [-0.15, -0.1) is 11.3 Å². The fourth-order valence-electron chi connectivity index (χ4n) is 3.54. The van der Waals surface area contributed by atoms with Gasteiger partial charge in [0.05, 0.1) is 16.6 Å². The highest BCUT2D eigenvalue weighted by Crippen LogP contribution is 2.35. The fourth-order valence-corrected chi connectivity index (χ4v) is 4.68. The third kappa shape index (κ3) is 1.44. The van der Waals surface area contributed by atoms with Crippen molar-refractivity contribution in [2.75, 3.05) is 0 Å². The van der Waals surface area contributed by atoms with Gasteiger partial charge in [0.1, 0.15) is 22.0 Å². The fraction of sp³-hybridized carbons (Fsp3) is 0.0526. The molecule has 5 aromatic rings. The minimum absolute atomic E-state index is 0.181. The molecule has 0 N–H and O–H groups in total. The van der Waals surface area contributed by atoms with E-state index in [0.29, 0.717) is 10.3 Å². The van der Waals surface area contributed by atoms with Crippen molar-refractivity contribution in [1.29, 1.82) is 5.26 Å². The molecule has 0 bridgehead atoms. The number of rotatable bonds is 0. The first-order valence-electron chi connectivity index (χ1n) is 7.56. The summed E-state index contributed by atoms with van der Waals surface area (Å²) in [7, 11) is 1.90. The number of fused-ring (bicyclic) bond motifs is 7. The predicted octanol–water partition coefficient (Wildman–Crippen LogP) is 4.03. The maximum atomic E-state index is 12.9. The van der Waals surface area contributed by atoms with Crippen LogP contribution in [0.5, 0.6) is 0 Å². The Balaban J connectivity index is 2.30. The molecule has 0 atom stereocenters. The molecule has 5 rings (SSSR count). The zero-order valence-electron chi connectivity index (χ0n) is 12.8. The number of imidazole rings is 1. The van der Waals surface area contributed by atoms with E-state index in [1.165, 1.54) is 11.3 Å². The van der Waals surface area contributed by atoms with Gasteiger partial charge >= 0.3 is 0 Å². The first-order chi connectivity index (χ1) is 11.7. The van der Waals surface area contributed by atoms with E-state index < -0.39 is 0 Å². The van der Waals surface area contributed by atoms with Gasteiger partial charge in [0, 0.05) is 17.1 Å². The van der Waals surface area contributed by atoms with E-state index in [0.717, 1.165) is 26.6 Å². The van der Waals surface area contributed by atoms with Crippen LogP contribution in [-0.2, 0) is 7.05 Å². The van der Waals surface area contributed by atoms with E-state index in [9.17, 15) is 10.1 Å². The summed E-state index contributed by atoms with van der Waals surface area (Å²) in [5.41, 5.74) is 3.56. The number of para-hydroxylation sites is 2. The van der Waals surface area contributed by atoms with Gasteiger partial charge in [-0.3, -0.25) is 9.20 Å². The number of aryl methyl sites for hydroxylation is 1. The van der Waals surface area contributed by atoms with Crippen LogP contribution in [0, 0.1) is 11.3 Å². The summed E-state index contributed by atoms with van der Waals surface area (Å²) in [5, 5.41) is 10.7. The van der Waals surface area contributed by atoms with Crippen LogP contribution in [0.2, 0.25) is 0 Å². The molecule has 0 amide bonds. The number of nitriles is 1. The summed E-state index contributed by atoms with van der Waals surface area (Å²) in [6.45, 7) is 0. The molecule has 114 valence electrons. The summed E-state index contributed by atoms with van der Waals surface area (Å²) in [4.78, 5) is 12.9. The van der Waals surface area contributed by atoms with Crippen LogP contribution in [0.25, 0.3) is 37.0 Å². The highest BCUT2D eigenvalue weighted by atomic mass is 32.1. The normalized spacial score (nSPS) is 11.7. The number of hydrogen-bond acceptors (Lipinski definition) is 3. The number of hydrogen-bond donors (Lipinski definition) is 0. The Kier molecular flexibility index (Phi) is 2.48.